The molecule has 0 saturated carbocycles. The second-order valence-electron chi connectivity index (χ2n) is 5.17. The lowest BCUT2D eigenvalue weighted by atomic mass is 9.94. The van der Waals surface area contributed by atoms with Crippen LogP contribution in [-0.4, -0.2) is 22.7 Å². The number of nitrogens with zero attached hydrogens (tertiary/aromatic N) is 2. The minimum Gasteiger partial charge on any atom is -0.465 e. The third-order valence-corrected chi connectivity index (χ3v) is 3.04. The molecule has 0 saturated heterocycles. The van der Waals surface area contributed by atoms with Crippen molar-refractivity contribution in [1.29, 1.82) is 0 Å². The van der Waals surface area contributed by atoms with Crippen LogP contribution in [0.25, 0.3) is 0 Å². The van der Waals surface area contributed by atoms with Crippen LogP contribution in [0.15, 0.2) is 28.8 Å². The average Bonchev–Trinajstić information content (AvgIpc) is 2.88. The molecule has 6 heteroatoms. The SMILES string of the molecule is CCOC(=O)C(C)(C)c1nc(Cc2cccc(F)c2)no1. The first-order chi connectivity index (χ1) is 9.93. The van der Waals surface area contributed by atoms with Crippen molar-refractivity contribution in [3.05, 3.63) is 47.4 Å². The standard InChI is InChI=1S/C15H17FN2O3/c1-4-20-14(19)15(2,3)13-17-12(18-21-13)9-10-6-5-7-11(16)8-10/h5-8H,4,9H2,1-3H3. The normalized spacial score (nSPS) is 11.4. The smallest absolute Gasteiger partial charge is 0.321 e. The Morgan fingerprint density at radius 2 is 2.19 bits per heavy atom. The maximum absolute atomic E-state index is 13.1. The van der Waals surface area contributed by atoms with Crippen LogP contribution in [0.5, 0.6) is 0 Å². The van der Waals surface area contributed by atoms with Crippen molar-refractivity contribution < 1.29 is 18.4 Å². The van der Waals surface area contributed by atoms with E-state index in [0.29, 0.717) is 12.2 Å². The molecule has 1 heterocycles. The third kappa shape index (κ3) is 3.45. The largest absolute Gasteiger partial charge is 0.465 e. The Balaban J connectivity index is 2.16. The second-order valence-corrected chi connectivity index (χ2v) is 5.17. The lowest BCUT2D eigenvalue weighted by Crippen LogP contribution is -2.31. The van der Waals surface area contributed by atoms with Crippen LogP contribution in [0.2, 0.25) is 0 Å². The lowest BCUT2D eigenvalue weighted by Gasteiger charge is -2.16. The predicted octanol–water partition coefficient (Wildman–Crippen LogP) is 2.64. The van der Waals surface area contributed by atoms with E-state index < -0.39 is 11.4 Å². The van der Waals surface area contributed by atoms with Crippen LogP contribution in [0.4, 0.5) is 4.39 Å². The molecule has 112 valence electrons. The van der Waals surface area contributed by atoms with E-state index in [2.05, 4.69) is 10.1 Å². The van der Waals surface area contributed by atoms with E-state index in [-0.39, 0.29) is 18.3 Å². The Labute approximate surface area is 122 Å². The molecule has 0 atom stereocenters. The molecule has 0 bridgehead atoms. The minimum atomic E-state index is -1.01. The fourth-order valence-electron chi connectivity index (χ4n) is 1.81. The van der Waals surface area contributed by atoms with Crippen LogP contribution in [0.3, 0.4) is 0 Å². The summed E-state index contributed by atoms with van der Waals surface area (Å²) in [6.45, 7) is 5.33. The first-order valence-corrected chi connectivity index (χ1v) is 6.68. The van der Waals surface area contributed by atoms with Crippen molar-refractivity contribution in [2.75, 3.05) is 6.61 Å². The van der Waals surface area contributed by atoms with Crippen LogP contribution in [0.1, 0.15) is 38.0 Å². The van der Waals surface area contributed by atoms with E-state index in [1.807, 2.05) is 0 Å². The summed E-state index contributed by atoms with van der Waals surface area (Å²) in [7, 11) is 0. The van der Waals surface area contributed by atoms with Gasteiger partial charge in [0.05, 0.1) is 6.61 Å². The molecule has 1 aromatic carbocycles. The van der Waals surface area contributed by atoms with Gasteiger partial charge in [-0.25, -0.2) is 4.39 Å². The summed E-state index contributed by atoms with van der Waals surface area (Å²) < 4.78 is 23.3. The molecule has 0 unspecified atom stereocenters. The molecular formula is C15H17FN2O3. The molecule has 5 nitrogen and oxygen atoms in total. The molecule has 0 fully saturated rings. The van der Waals surface area contributed by atoms with E-state index >= 15 is 0 Å². The van der Waals surface area contributed by atoms with Gasteiger partial charge in [-0.3, -0.25) is 4.79 Å². The molecule has 0 N–H and O–H groups in total. The van der Waals surface area contributed by atoms with Crippen LogP contribution >= 0.6 is 0 Å². The van der Waals surface area contributed by atoms with Gasteiger partial charge in [-0.15, -0.1) is 0 Å². The summed E-state index contributed by atoms with van der Waals surface area (Å²) in [5.41, 5.74) is -0.278. The number of benzene rings is 1. The van der Waals surface area contributed by atoms with Crippen molar-refractivity contribution in [3.8, 4) is 0 Å². The number of ether oxygens (including phenoxy) is 1. The average molecular weight is 292 g/mol. The quantitative estimate of drug-likeness (QED) is 0.793. The number of esters is 1. The molecule has 1 aromatic heterocycles. The molecule has 2 rings (SSSR count). The lowest BCUT2D eigenvalue weighted by molar-refractivity contribution is -0.149. The van der Waals surface area contributed by atoms with Crippen molar-refractivity contribution >= 4 is 5.97 Å². The maximum atomic E-state index is 13.1. The van der Waals surface area contributed by atoms with E-state index in [4.69, 9.17) is 9.26 Å². The highest BCUT2D eigenvalue weighted by molar-refractivity contribution is 5.80. The number of hydrogen-bond donors (Lipinski definition) is 0. The van der Waals surface area contributed by atoms with E-state index in [0.717, 1.165) is 5.56 Å². The Kier molecular flexibility index (Phi) is 4.35. The summed E-state index contributed by atoms with van der Waals surface area (Å²) in [6, 6.07) is 6.17. The highest BCUT2D eigenvalue weighted by atomic mass is 19.1. The van der Waals surface area contributed by atoms with Crippen molar-refractivity contribution in [1.82, 2.24) is 10.1 Å². The molecule has 2 aromatic rings. The van der Waals surface area contributed by atoms with Gasteiger partial charge in [0.15, 0.2) is 5.82 Å². The Hall–Kier alpha value is -2.24. The zero-order chi connectivity index (χ0) is 15.5. The zero-order valence-electron chi connectivity index (χ0n) is 12.2. The number of carbonyl (C=O) groups is 1. The molecule has 0 radical (unpaired) electrons. The van der Waals surface area contributed by atoms with Crippen molar-refractivity contribution in [2.24, 2.45) is 0 Å². The molecule has 0 amide bonds. The van der Waals surface area contributed by atoms with Gasteiger partial charge in [0, 0.05) is 6.42 Å². The zero-order valence-corrected chi connectivity index (χ0v) is 12.2. The minimum absolute atomic E-state index is 0.187. The molecular weight excluding hydrogens is 275 g/mol. The van der Waals surface area contributed by atoms with Gasteiger partial charge >= 0.3 is 5.97 Å². The summed E-state index contributed by atoms with van der Waals surface area (Å²) in [6.07, 6.45) is 0.333. The van der Waals surface area contributed by atoms with Gasteiger partial charge in [0.2, 0.25) is 5.89 Å². The van der Waals surface area contributed by atoms with Crippen LogP contribution < -0.4 is 0 Å². The molecule has 0 aliphatic heterocycles. The van der Waals surface area contributed by atoms with Crippen LogP contribution in [0, 0.1) is 5.82 Å². The predicted molar refractivity (Wildman–Crippen MR) is 73.2 cm³/mol. The summed E-state index contributed by atoms with van der Waals surface area (Å²) in [5, 5.41) is 3.83. The van der Waals surface area contributed by atoms with Crippen molar-refractivity contribution in [2.45, 2.75) is 32.6 Å². The number of carbonyl (C=O) groups excluding carboxylic acids is 1. The molecule has 21 heavy (non-hydrogen) atoms. The summed E-state index contributed by atoms with van der Waals surface area (Å²) >= 11 is 0. The number of aromatic nitrogens is 2. The Morgan fingerprint density at radius 3 is 2.86 bits per heavy atom. The van der Waals surface area contributed by atoms with Gasteiger partial charge in [-0.1, -0.05) is 17.3 Å². The van der Waals surface area contributed by atoms with E-state index in [1.165, 1.54) is 12.1 Å². The van der Waals surface area contributed by atoms with Crippen molar-refractivity contribution in [3.63, 3.8) is 0 Å². The monoisotopic (exact) mass is 292 g/mol. The highest BCUT2D eigenvalue weighted by Gasteiger charge is 2.37. The number of hydrogen-bond acceptors (Lipinski definition) is 5. The fourth-order valence-corrected chi connectivity index (χ4v) is 1.81. The van der Waals surface area contributed by atoms with Crippen LogP contribution in [-0.2, 0) is 21.4 Å². The van der Waals surface area contributed by atoms with E-state index in [9.17, 15) is 9.18 Å². The van der Waals surface area contributed by atoms with Gasteiger partial charge in [-0.05, 0) is 38.5 Å². The second kappa shape index (κ2) is 6.03. The van der Waals surface area contributed by atoms with Gasteiger partial charge < -0.3 is 9.26 Å². The Bertz CT molecular complexity index is 637. The first kappa shape index (κ1) is 15.2. The summed E-state index contributed by atoms with van der Waals surface area (Å²) in [4.78, 5) is 16.1. The maximum Gasteiger partial charge on any atom is 0.321 e. The number of rotatable bonds is 5. The van der Waals surface area contributed by atoms with Gasteiger partial charge in [0.1, 0.15) is 11.2 Å². The Morgan fingerprint density at radius 1 is 1.43 bits per heavy atom. The fraction of sp³-hybridized carbons (Fsp3) is 0.400. The molecule has 0 spiro atoms. The first-order valence-electron chi connectivity index (χ1n) is 6.68. The summed E-state index contributed by atoms with van der Waals surface area (Å²) in [5.74, 6) is -0.158. The highest BCUT2D eigenvalue weighted by Crippen LogP contribution is 2.23. The number of halogens is 1. The molecule has 0 aliphatic carbocycles. The van der Waals surface area contributed by atoms with Gasteiger partial charge in [-0.2, -0.15) is 4.98 Å². The third-order valence-electron chi connectivity index (χ3n) is 3.04. The van der Waals surface area contributed by atoms with E-state index in [1.54, 1.807) is 32.9 Å². The molecule has 0 aliphatic rings. The topological polar surface area (TPSA) is 65.2 Å². The van der Waals surface area contributed by atoms with Gasteiger partial charge in [0.25, 0.3) is 0 Å².